The van der Waals surface area contributed by atoms with Crippen LogP contribution in [0, 0.1) is 0 Å². The molecule has 0 unspecified atom stereocenters. The van der Waals surface area contributed by atoms with E-state index in [2.05, 4.69) is 12.1 Å². The second kappa shape index (κ2) is 8.97. The fraction of sp³-hybridized carbons (Fsp3) is 0.0345. The predicted octanol–water partition coefficient (Wildman–Crippen LogP) is 6.50. The molecule has 0 aliphatic heterocycles. The van der Waals surface area contributed by atoms with E-state index in [9.17, 15) is 9.90 Å². The number of para-hydroxylation sites is 1. The van der Waals surface area contributed by atoms with Gasteiger partial charge in [0.2, 0.25) is 0 Å². The lowest BCUT2D eigenvalue weighted by atomic mass is 9.94. The Morgan fingerprint density at radius 2 is 1.30 bits per heavy atom. The summed E-state index contributed by atoms with van der Waals surface area (Å²) in [6.45, 7) is 0. The zero-order valence-corrected chi connectivity index (χ0v) is 17.9. The average Bonchev–Trinajstić information content (AvgIpc) is 3.24. The number of hydrogen-bond donors (Lipinski definition) is 1. The minimum absolute atomic E-state index is 0.248. The largest absolute Gasteiger partial charge is 0.478 e. The fourth-order valence-corrected chi connectivity index (χ4v) is 4.17. The van der Waals surface area contributed by atoms with Crippen molar-refractivity contribution in [1.29, 1.82) is 0 Å². The van der Waals surface area contributed by atoms with E-state index < -0.39 is 5.97 Å². The monoisotopic (exact) mass is 430 g/mol. The van der Waals surface area contributed by atoms with Crippen molar-refractivity contribution in [3.05, 3.63) is 132 Å². The molecule has 160 valence electrons. The maximum absolute atomic E-state index is 12.2. The standard InChI is InChI=1S/C29H22N2O2/c32-29(33)25-19-11-10-18-24(25)28-27(22-14-6-2-7-15-22)26(20-21-12-4-1-5-13-21)30-31(28)23-16-8-3-9-17-23/h1-19H,20H2,(H,32,33). The number of benzene rings is 4. The number of nitrogens with zero attached hydrogens (tertiary/aromatic N) is 2. The van der Waals surface area contributed by atoms with E-state index in [0.29, 0.717) is 12.0 Å². The molecule has 4 heteroatoms. The summed E-state index contributed by atoms with van der Waals surface area (Å²) in [5, 5.41) is 15.0. The quantitative estimate of drug-likeness (QED) is 0.335. The van der Waals surface area contributed by atoms with Crippen molar-refractivity contribution in [2.24, 2.45) is 0 Å². The summed E-state index contributed by atoms with van der Waals surface area (Å²) in [6.07, 6.45) is 0.632. The van der Waals surface area contributed by atoms with E-state index in [-0.39, 0.29) is 5.56 Å². The van der Waals surface area contributed by atoms with Crippen molar-refractivity contribution >= 4 is 5.97 Å². The Balaban J connectivity index is 1.85. The fourth-order valence-electron chi connectivity index (χ4n) is 4.17. The third kappa shape index (κ3) is 4.06. The Morgan fingerprint density at radius 1 is 0.727 bits per heavy atom. The third-order valence-electron chi connectivity index (χ3n) is 5.65. The van der Waals surface area contributed by atoms with Crippen LogP contribution in [0.1, 0.15) is 21.6 Å². The van der Waals surface area contributed by atoms with Crippen LogP contribution in [0.4, 0.5) is 0 Å². The second-order valence-electron chi connectivity index (χ2n) is 7.80. The molecular formula is C29H22N2O2. The summed E-state index contributed by atoms with van der Waals surface area (Å²) < 4.78 is 1.88. The van der Waals surface area contributed by atoms with Crippen molar-refractivity contribution < 1.29 is 9.90 Å². The highest BCUT2D eigenvalue weighted by molar-refractivity contribution is 5.98. The Hall–Kier alpha value is -4.44. The minimum atomic E-state index is -0.963. The SMILES string of the molecule is O=C(O)c1ccccc1-c1c(-c2ccccc2)c(Cc2ccccc2)nn1-c1ccccc1. The van der Waals surface area contributed by atoms with Crippen LogP contribution >= 0.6 is 0 Å². The number of carboxylic acids is 1. The molecule has 0 aliphatic carbocycles. The summed E-state index contributed by atoms with van der Waals surface area (Å²) in [7, 11) is 0. The van der Waals surface area contributed by atoms with Gasteiger partial charge in [0.25, 0.3) is 0 Å². The zero-order chi connectivity index (χ0) is 22.6. The number of aromatic nitrogens is 2. The summed E-state index contributed by atoms with van der Waals surface area (Å²) in [5.41, 5.74) is 6.52. The maximum atomic E-state index is 12.2. The number of hydrogen-bond acceptors (Lipinski definition) is 2. The molecule has 0 radical (unpaired) electrons. The van der Waals surface area contributed by atoms with Gasteiger partial charge in [-0.2, -0.15) is 5.10 Å². The molecule has 0 aliphatic rings. The van der Waals surface area contributed by atoms with Crippen molar-refractivity contribution in [2.75, 3.05) is 0 Å². The van der Waals surface area contributed by atoms with Crippen LogP contribution in [-0.2, 0) is 6.42 Å². The molecule has 0 saturated heterocycles. The van der Waals surface area contributed by atoms with Gasteiger partial charge in [-0.1, -0.05) is 97.1 Å². The number of carbonyl (C=O) groups is 1. The topological polar surface area (TPSA) is 55.1 Å². The van der Waals surface area contributed by atoms with Crippen molar-refractivity contribution in [1.82, 2.24) is 9.78 Å². The lowest BCUT2D eigenvalue weighted by molar-refractivity contribution is 0.0697. The van der Waals surface area contributed by atoms with Crippen LogP contribution in [0.15, 0.2) is 115 Å². The molecule has 0 fully saturated rings. The molecule has 4 aromatic carbocycles. The number of rotatable bonds is 6. The van der Waals surface area contributed by atoms with Crippen LogP contribution in [0.3, 0.4) is 0 Å². The molecule has 0 atom stereocenters. The molecule has 0 saturated carbocycles. The molecule has 4 nitrogen and oxygen atoms in total. The minimum Gasteiger partial charge on any atom is -0.478 e. The Morgan fingerprint density at radius 3 is 1.97 bits per heavy atom. The summed E-state index contributed by atoms with van der Waals surface area (Å²) in [6, 6.07) is 37.3. The molecule has 5 aromatic rings. The molecule has 1 heterocycles. The van der Waals surface area contributed by atoms with Crippen molar-refractivity contribution in [3.63, 3.8) is 0 Å². The second-order valence-corrected chi connectivity index (χ2v) is 7.80. The highest BCUT2D eigenvalue weighted by Crippen LogP contribution is 2.39. The van der Waals surface area contributed by atoms with Gasteiger partial charge in [-0.15, -0.1) is 0 Å². The number of aromatic carboxylic acids is 1. The highest BCUT2D eigenvalue weighted by atomic mass is 16.4. The van der Waals surface area contributed by atoms with Crippen molar-refractivity contribution in [2.45, 2.75) is 6.42 Å². The van der Waals surface area contributed by atoms with Crippen molar-refractivity contribution in [3.8, 4) is 28.1 Å². The molecule has 1 aromatic heterocycles. The average molecular weight is 431 g/mol. The lowest BCUT2D eigenvalue weighted by Crippen LogP contribution is -2.04. The van der Waals surface area contributed by atoms with E-state index >= 15 is 0 Å². The molecule has 0 spiro atoms. The first kappa shape index (κ1) is 20.5. The molecule has 33 heavy (non-hydrogen) atoms. The Labute approximate surface area is 192 Å². The smallest absolute Gasteiger partial charge is 0.336 e. The lowest BCUT2D eigenvalue weighted by Gasteiger charge is -2.13. The van der Waals surface area contributed by atoms with Crippen LogP contribution in [-0.4, -0.2) is 20.9 Å². The third-order valence-corrected chi connectivity index (χ3v) is 5.65. The van der Waals surface area contributed by atoms with Gasteiger partial charge in [-0.25, -0.2) is 9.48 Å². The first-order valence-corrected chi connectivity index (χ1v) is 10.8. The Bertz CT molecular complexity index is 1390. The van der Waals surface area contributed by atoms with Gasteiger partial charge in [0.1, 0.15) is 0 Å². The van der Waals surface area contributed by atoms with Crippen LogP contribution in [0.25, 0.3) is 28.1 Å². The zero-order valence-electron chi connectivity index (χ0n) is 17.9. The van der Waals surface area contributed by atoms with Gasteiger partial charge >= 0.3 is 5.97 Å². The first-order chi connectivity index (χ1) is 16.2. The molecular weight excluding hydrogens is 408 g/mol. The van der Waals surface area contributed by atoms with E-state index in [1.807, 2.05) is 95.7 Å². The van der Waals surface area contributed by atoms with E-state index in [0.717, 1.165) is 33.8 Å². The maximum Gasteiger partial charge on any atom is 0.336 e. The summed E-state index contributed by atoms with van der Waals surface area (Å²) in [4.78, 5) is 12.2. The molecule has 0 bridgehead atoms. The van der Waals surface area contributed by atoms with E-state index in [4.69, 9.17) is 5.10 Å². The van der Waals surface area contributed by atoms with Crippen LogP contribution < -0.4 is 0 Å². The normalized spacial score (nSPS) is 10.8. The molecule has 0 amide bonds. The van der Waals surface area contributed by atoms with Crippen LogP contribution in [0.2, 0.25) is 0 Å². The van der Waals surface area contributed by atoms with Gasteiger partial charge in [-0.05, 0) is 29.3 Å². The number of carboxylic acid groups (broad SMARTS) is 1. The predicted molar refractivity (Wildman–Crippen MR) is 131 cm³/mol. The first-order valence-electron chi connectivity index (χ1n) is 10.8. The van der Waals surface area contributed by atoms with Crippen LogP contribution in [0.5, 0.6) is 0 Å². The molecule has 1 N–H and O–H groups in total. The van der Waals surface area contributed by atoms with E-state index in [1.165, 1.54) is 0 Å². The highest BCUT2D eigenvalue weighted by Gasteiger charge is 2.25. The van der Waals surface area contributed by atoms with Gasteiger partial charge in [-0.3, -0.25) is 0 Å². The van der Waals surface area contributed by atoms with E-state index in [1.54, 1.807) is 12.1 Å². The van der Waals surface area contributed by atoms with Gasteiger partial charge < -0.3 is 5.11 Å². The summed E-state index contributed by atoms with van der Waals surface area (Å²) in [5.74, 6) is -0.963. The molecule has 5 rings (SSSR count). The van der Waals surface area contributed by atoms with Gasteiger partial charge in [0, 0.05) is 17.5 Å². The summed E-state index contributed by atoms with van der Waals surface area (Å²) >= 11 is 0. The Kier molecular flexibility index (Phi) is 5.56. The van der Waals surface area contributed by atoms with Gasteiger partial charge in [0.15, 0.2) is 0 Å². The van der Waals surface area contributed by atoms with Gasteiger partial charge in [0.05, 0.1) is 22.6 Å².